The lowest BCUT2D eigenvalue weighted by molar-refractivity contribution is 0.00778. The maximum Gasteiger partial charge on any atom is 0.410 e. The standard InChI is InChI=1S/C32H43N3O4/c1-24-22-30(36)35(29-23-27(38-5)13-14-28(24)29)21-20-33-18-15-26(16-19-33)34(31(37)39-32(2,3)4)17-9-12-25-10-7-6-8-11-25/h6-8,10-11,13-14,22-23,26H,9,12,15-21H2,1-5H3. The van der Waals surface area contributed by atoms with Gasteiger partial charge >= 0.3 is 6.09 Å². The fourth-order valence-corrected chi connectivity index (χ4v) is 5.42. The summed E-state index contributed by atoms with van der Waals surface area (Å²) in [6.45, 7) is 11.6. The van der Waals surface area contributed by atoms with Crippen molar-refractivity contribution in [1.82, 2.24) is 14.4 Å². The van der Waals surface area contributed by atoms with Crippen LogP contribution in [0.1, 0.15) is 51.2 Å². The average molecular weight is 534 g/mol. The average Bonchev–Trinajstić information content (AvgIpc) is 2.90. The molecule has 1 aliphatic heterocycles. The minimum Gasteiger partial charge on any atom is -0.497 e. The molecule has 39 heavy (non-hydrogen) atoms. The quantitative estimate of drug-likeness (QED) is 0.356. The van der Waals surface area contributed by atoms with Crippen molar-refractivity contribution in [1.29, 1.82) is 0 Å². The summed E-state index contributed by atoms with van der Waals surface area (Å²) in [5.41, 5.74) is 2.65. The van der Waals surface area contributed by atoms with Crippen LogP contribution >= 0.6 is 0 Å². The van der Waals surface area contributed by atoms with Crippen LogP contribution in [0.25, 0.3) is 10.9 Å². The normalized spacial score (nSPS) is 14.9. The first kappa shape index (κ1) is 28.7. The zero-order chi connectivity index (χ0) is 28.0. The Labute approximate surface area is 232 Å². The number of piperidine rings is 1. The van der Waals surface area contributed by atoms with Crippen LogP contribution in [0.3, 0.4) is 0 Å². The molecule has 0 N–H and O–H groups in total. The van der Waals surface area contributed by atoms with Gasteiger partial charge in [0.05, 0.1) is 12.6 Å². The van der Waals surface area contributed by atoms with Crippen molar-refractivity contribution in [3.05, 3.63) is 76.1 Å². The highest BCUT2D eigenvalue weighted by atomic mass is 16.6. The number of aromatic nitrogens is 1. The molecule has 0 bridgehead atoms. The van der Waals surface area contributed by atoms with E-state index in [4.69, 9.17) is 9.47 Å². The van der Waals surface area contributed by atoms with Gasteiger partial charge in [-0.15, -0.1) is 0 Å². The van der Waals surface area contributed by atoms with Crippen LogP contribution in [0.2, 0.25) is 0 Å². The maximum absolute atomic E-state index is 13.2. The fraction of sp³-hybridized carbons (Fsp3) is 0.500. The third-order valence-electron chi connectivity index (χ3n) is 7.50. The first-order chi connectivity index (χ1) is 18.6. The zero-order valence-corrected chi connectivity index (χ0v) is 24.1. The smallest absolute Gasteiger partial charge is 0.410 e. The molecule has 0 spiro atoms. The molecule has 4 rings (SSSR count). The van der Waals surface area contributed by atoms with E-state index in [1.807, 2.05) is 61.4 Å². The molecule has 1 amide bonds. The van der Waals surface area contributed by atoms with Crippen molar-refractivity contribution < 1.29 is 14.3 Å². The Hall–Kier alpha value is -3.32. The SMILES string of the molecule is COc1ccc2c(C)cc(=O)n(CCN3CCC(N(CCCc4ccccc4)C(=O)OC(C)(C)C)CC3)c2c1. The molecular weight excluding hydrogens is 490 g/mol. The summed E-state index contributed by atoms with van der Waals surface area (Å²) in [6, 6.07) is 18.2. The third kappa shape index (κ3) is 7.63. The Morgan fingerprint density at radius 1 is 1.03 bits per heavy atom. The van der Waals surface area contributed by atoms with E-state index in [2.05, 4.69) is 29.2 Å². The summed E-state index contributed by atoms with van der Waals surface area (Å²) in [5, 5.41) is 1.07. The molecule has 7 heteroatoms. The number of pyridine rings is 1. The van der Waals surface area contributed by atoms with Gasteiger partial charge in [0, 0.05) is 56.3 Å². The van der Waals surface area contributed by atoms with Crippen LogP contribution in [0, 0.1) is 6.92 Å². The Balaban J connectivity index is 1.38. The molecule has 1 aromatic heterocycles. The van der Waals surface area contributed by atoms with Gasteiger partial charge < -0.3 is 23.8 Å². The predicted octanol–water partition coefficient (Wildman–Crippen LogP) is 5.65. The number of likely N-dealkylation sites (tertiary alicyclic amines) is 1. The van der Waals surface area contributed by atoms with E-state index in [9.17, 15) is 9.59 Å². The number of hydrogen-bond acceptors (Lipinski definition) is 5. The summed E-state index contributed by atoms with van der Waals surface area (Å²) in [5.74, 6) is 0.747. The van der Waals surface area contributed by atoms with Crippen molar-refractivity contribution in [2.24, 2.45) is 0 Å². The Kier molecular flexibility index (Phi) is 9.33. The number of amides is 1. The highest BCUT2D eigenvalue weighted by molar-refractivity contribution is 5.83. The zero-order valence-electron chi connectivity index (χ0n) is 24.1. The van der Waals surface area contributed by atoms with Gasteiger partial charge in [0.25, 0.3) is 5.56 Å². The molecule has 1 aliphatic rings. The molecule has 0 atom stereocenters. The highest BCUT2D eigenvalue weighted by Gasteiger charge is 2.31. The predicted molar refractivity (Wildman–Crippen MR) is 157 cm³/mol. The molecule has 0 aliphatic carbocycles. The number of methoxy groups -OCH3 is 1. The van der Waals surface area contributed by atoms with Crippen molar-refractivity contribution in [3.63, 3.8) is 0 Å². The van der Waals surface area contributed by atoms with E-state index in [0.29, 0.717) is 13.1 Å². The molecule has 3 aromatic rings. The number of fused-ring (bicyclic) bond motifs is 1. The van der Waals surface area contributed by atoms with Gasteiger partial charge in [0.2, 0.25) is 0 Å². The summed E-state index contributed by atoms with van der Waals surface area (Å²) in [7, 11) is 1.64. The first-order valence-corrected chi connectivity index (χ1v) is 14.1. The first-order valence-electron chi connectivity index (χ1n) is 14.1. The van der Waals surface area contributed by atoms with E-state index in [-0.39, 0.29) is 17.7 Å². The van der Waals surface area contributed by atoms with Gasteiger partial charge in [0.15, 0.2) is 0 Å². The van der Waals surface area contributed by atoms with Crippen LogP contribution < -0.4 is 10.3 Å². The third-order valence-corrected chi connectivity index (χ3v) is 7.50. The largest absolute Gasteiger partial charge is 0.497 e. The molecule has 210 valence electrons. The number of benzene rings is 2. The van der Waals surface area contributed by atoms with Gasteiger partial charge in [-0.3, -0.25) is 4.79 Å². The van der Waals surface area contributed by atoms with E-state index >= 15 is 0 Å². The molecular formula is C32H43N3O4. The van der Waals surface area contributed by atoms with Crippen LogP contribution in [-0.4, -0.2) is 65.4 Å². The molecule has 2 aromatic carbocycles. The van der Waals surface area contributed by atoms with Crippen LogP contribution in [-0.2, 0) is 17.7 Å². The number of rotatable bonds is 9. The van der Waals surface area contributed by atoms with E-state index in [0.717, 1.165) is 67.5 Å². The Bertz CT molecular complexity index is 1300. The molecule has 0 radical (unpaired) electrons. The van der Waals surface area contributed by atoms with Crippen molar-refractivity contribution >= 4 is 17.0 Å². The number of ether oxygens (including phenoxy) is 2. The summed E-state index contributed by atoms with van der Waals surface area (Å²) < 4.78 is 13.1. The number of nitrogens with zero attached hydrogens (tertiary/aromatic N) is 3. The second-order valence-corrected chi connectivity index (χ2v) is 11.5. The van der Waals surface area contributed by atoms with Crippen LogP contribution in [0.4, 0.5) is 4.79 Å². The monoisotopic (exact) mass is 533 g/mol. The summed E-state index contributed by atoms with van der Waals surface area (Å²) in [6.07, 6.45) is 3.39. The van der Waals surface area contributed by atoms with Crippen molar-refractivity contribution in [2.75, 3.05) is 33.3 Å². The lowest BCUT2D eigenvalue weighted by atomic mass is 10.0. The van der Waals surface area contributed by atoms with E-state index in [1.54, 1.807) is 13.2 Å². The topological polar surface area (TPSA) is 64.0 Å². The number of carbonyl (C=O) groups is 1. The Morgan fingerprint density at radius 3 is 2.41 bits per heavy atom. The van der Waals surface area contributed by atoms with Crippen LogP contribution in [0.15, 0.2) is 59.4 Å². The van der Waals surface area contributed by atoms with Gasteiger partial charge in [-0.2, -0.15) is 0 Å². The second kappa shape index (κ2) is 12.7. The lowest BCUT2D eigenvalue weighted by Gasteiger charge is -2.39. The van der Waals surface area contributed by atoms with Crippen molar-refractivity contribution in [3.8, 4) is 5.75 Å². The van der Waals surface area contributed by atoms with Gasteiger partial charge in [-0.25, -0.2) is 4.79 Å². The second-order valence-electron chi connectivity index (χ2n) is 11.5. The fourth-order valence-electron chi connectivity index (χ4n) is 5.42. The summed E-state index contributed by atoms with van der Waals surface area (Å²) >= 11 is 0. The minimum atomic E-state index is -0.526. The molecule has 1 fully saturated rings. The molecule has 7 nitrogen and oxygen atoms in total. The maximum atomic E-state index is 13.2. The molecule has 0 unspecified atom stereocenters. The van der Waals surface area contributed by atoms with E-state index < -0.39 is 5.60 Å². The number of carbonyl (C=O) groups excluding carboxylic acids is 1. The lowest BCUT2D eigenvalue weighted by Crippen LogP contribution is -2.49. The van der Waals surface area contributed by atoms with Crippen molar-refractivity contribution in [2.45, 2.75) is 71.6 Å². The molecule has 1 saturated heterocycles. The molecule has 0 saturated carbocycles. The number of hydrogen-bond donors (Lipinski definition) is 0. The Morgan fingerprint density at radius 2 is 1.74 bits per heavy atom. The van der Waals surface area contributed by atoms with Gasteiger partial charge in [-0.1, -0.05) is 30.3 Å². The number of aryl methyl sites for hydroxylation is 2. The van der Waals surface area contributed by atoms with Gasteiger partial charge in [-0.05, 0) is 76.6 Å². The van der Waals surface area contributed by atoms with E-state index in [1.165, 1.54) is 5.56 Å². The van der Waals surface area contributed by atoms with Crippen LogP contribution in [0.5, 0.6) is 5.75 Å². The van der Waals surface area contributed by atoms with Gasteiger partial charge in [0.1, 0.15) is 11.4 Å². The molecule has 2 heterocycles. The highest BCUT2D eigenvalue weighted by Crippen LogP contribution is 2.24. The summed E-state index contributed by atoms with van der Waals surface area (Å²) in [4.78, 5) is 30.4. The minimum absolute atomic E-state index is 0.0117.